The smallest absolute Gasteiger partial charge is 0.169 e. The Bertz CT molecular complexity index is 1710. The van der Waals surface area contributed by atoms with E-state index in [1.807, 2.05) is 6.20 Å². The number of aliphatic hydroxyl groups is 1. The molecular formula is C38H47N5O3. The molecule has 3 heterocycles. The highest BCUT2D eigenvalue weighted by Crippen LogP contribution is 2.38. The van der Waals surface area contributed by atoms with Crippen LogP contribution in [0.5, 0.6) is 5.75 Å². The number of anilines is 1. The molecule has 4 aromatic rings. The summed E-state index contributed by atoms with van der Waals surface area (Å²) >= 11 is 0. The number of Topliss-reactive ketones (excluding diaryl/α,β-unsaturated/α-hetero) is 1. The molecule has 0 radical (unpaired) electrons. The first-order valence-corrected chi connectivity index (χ1v) is 16.8. The number of piperazine rings is 1. The number of carbonyl (C=O) groups excluding carboxylic acids is 1. The van der Waals surface area contributed by atoms with Gasteiger partial charge in [0.05, 0.1) is 25.1 Å². The van der Waals surface area contributed by atoms with Crippen LogP contribution in [0, 0.1) is 6.92 Å². The van der Waals surface area contributed by atoms with Crippen molar-refractivity contribution in [3.63, 3.8) is 0 Å². The van der Waals surface area contributed by atoms with E-state index in [1.165, 1.54) is 16.7 Å². The summed E-state index contributed by atoms with van der Waals surface area (Å²) in [7, 11) is 3.78. The average molecular weight is 622 g/mol. The lowest BCUT2D eigenvalue weighted by atomic mass is 9.87. The van der Waals surface area contributed by atoms with Crippen molar-refractivity contribution in [1.82, 2.24) is 19.4 Å². The third-order valence-corrected chi connectivity index (χ3v) is 10.1. The van der Waals surface area contributed by atoms with Crippen LogP contribution in [0.3, 0.4) is 0 Å². The zero-order chi connectivity index (χ0) is 32.4. The Balaban J connectivity index is 1.27. The van der Waals surface area contributed by atoms with Crippen molar-refractivity contribution in [2.24, 2.45) is 7.05 Å². The Morgan fingerprint density at radius 3 is 2.41 bits per heavy atom. The van der Waals surface area contributed by atoms with E-state index in [2.05, 4.69) is 78.6 Å². The molecule has 0 saturated carbocycles. The summed E-state index contributed by atoms with van der Waals surface area (Å²) in [5.41, 5.74) is 12.0. The fourth-order valence-corrected chi connectivity index (χ4v) is 7.41. The highest BCUT2D eigenvalue weighted by atomic mass is 16.5. The summed E-state index contributed by atoms with van der Waals surface area (Å²) < 4.78 is 8.02. The Morgan fingerprint density at radius 2 is 1.74 bits per heavy atom. The second kappa shape index (κ2) is 13.8. The number of benzene rings is 2. The Morgan fingerprint density at radius 1 is 1.00 bits per heavy atom. The molecule has 1 aliphatic carbocycles. The molecule has 1 saturated heterocycles. The van der Waals surface area contributed by atoms with E-state index in [1.54, 1.807) is 7.11 Å². The first-order chi connectivity index (χ1) is 22.4. The van der Waals surface area contributed by atoms with Gasteiger partial charge < -0.3 is 19.3 Å². The minimum absolute atomic E-state index is 0.197. The molecule has 0 bridgehead atoms. The number of ether oxygens (including phenoxy) is 1. The number of hydrogen-bond acceptors (Lipinski definition) is 7. The monoisotopic (exact) mass is 621 g/mol. The number of β-amino-alcohol motifs (C(OH)–C–C–N with tert-alkyl or cyclic N) is 1. The second-order valence-corrected chi connectivity index (χ2v) is 12.6. The van der Waals surface area contributed by atoms with Gasteiger partial charge in [-0.15, -0.1) is 0 Å². The van der Waals surface area contributed by atoms with Gasteiger partial charge in [-0.1, -0.05) is 38.1 Å². The highest BCUT2D eigenvalue weighted by Gasteiger charge is 2.30. The van der Waals surface area contributed by atoms with Crippen LogP contribution in [0.1, 0.15) is 69.1 Å². The fraction of sp³-hybridized carbons (Fsp3) is 0.447. The number of ketones is 1. The van der Waals surface area contributed by atoms with Gasteiger partial charge in [-0.3, -0.25) is 9.69 Å². The highest BCUT2D eigenvalue weighted by molar-refractivity contribution is 6.02. The quantitative estimate of drug-likeness (QED) is 0.232. The summed E-state index contributed by atoms with van der Waals surface area (Å²) in [5.74, 6) is 1.77. The minimum Gasteiger partial charge on any atom is -0.496 e. The average Bonchev–Trinajstić information content (AvgIpc) is 3.34. The zero-order valence-electron chi connectivity index (χ0n) is 28.0. The Hall–Kier alpha value is -4.01. The lowest BCUT2D eigenvalue weighted by Crippen LogP contribution is -2.47. The molecule has 242 valence electrons. The number of hydrogen-bond donors (Lipinski definition) is 1. The lowest BCUT2D eigenvalue weighted by Gasteiger charge is -2.36. The molecule has 46 heavy (non-hydrogen) atoms. The molecule has 2 aliphatic rings. The normalized spacial score (nSPS) is 14.7. The summed E-state index contributed by atoms with van der Waals surface area (Å²) in [6, 6.07) is 12.8. The number of aromatic nitrogens is 3. The zero-order valence-corrected chi connectivity index (χ0v) is 28.0. The van der Waals surface area contributed by atoms with Crippen LogP contribution in [0.25, 0.3) is 11.4 Å². The van der Waals surface area contributed by atoms with E-state index in [0.29, 0.717) is 12.8 Å². The summed E-state index contributed by atoms with van der Waals surface area (Å²) in [6.07, 6.45) is 6.44. The molecule has 8 heteroatoms. The van der Waals surface area contributed by atoms with Gasteiger partial charge in [0.25, 0.3) is 0 Å². The van der Waals surface area contributed by atoms with Gasteiger partial charge in [0, 0.05) is 87.4 Å². The maximum Gasteiger partial charge on any atom is 0.169 e. The predicted molar refractivity (Wildman–Crippen MR) is 183 cm³/mol. The third-order valence-electron chi connectivity index (χ3n) is 10.1. The molecule has 1 fully saturated rings. The predicted octanol–water partition coefficient (Wildman–Crippen LogP) is 5.15. The molecule has 1 aliphatic heterocycles. The second-order valence-electron chi connectivity index (χ2n) is 12.6. The van der Waals surface area contributed by atoms with Gasteiger partial charge >= 0.3 is 0 Å². The van der Waals surface area contributed by atoms with Crippen LogP contribution in [-0.4, -0.2) is 76.8 Å². The van der Waals surface area contributed by atoms with Crippen molar-refractivity contribution in [3.05, 3.63) is 93.1 Å². The number of rotatable bonds is 11. The van der Waals surface area contributed by atoms with Gasteiger partial charge in [0.15, 0.2) is 5.78 Å². The lowest BCUT2D eigenvalue weighted by molar-refractivity contribution is 0.0991. The van der Waals surface area contributed by atoms with Crippen molar-refractivity contribution in [2.45, 2.75) is 59.3 Å². The molecule has 0 atom stereocenters. The van der Waals surface area contributed by atoms with Crippen molar-refractivity contribution in [1.29, 1.82) is 0 Å². The van der Waals surface area contributed by atoms with Gasteiger partial charge in [-0.05, 0) is 66.5 Å². The molecule has 6 rings (SSSR count). The molecule has 2 aromatic carbocycles. The maximum atomic E-state index is 14.1. The minimum atomic E-state index is 0.197. The van der Waals surface area contributed by atoms with E-state index in [0.717, 1.165) is 115 Å². The van der Waals surface area contributed by atoms with Crippen LogP contribution < -0.4 is 9.64 Å². The number of nitrogens with zero attached hydrogens (tertiary/aromatic N) is 5. The van der Waals surface area contributed by atoms with E-state index in [9.17, 15) is 9.90 Å². The van der Waals surface area contributed by atoms with Crippen LogP contribution in [0.4, 0.5) is 5.69 Å². The number of fused-ring (bicyclic) bond motifs is 3. The summed E-state index contributed by atoms with van der Waals surface area (Å²) in [5, 5.41) is 9.27. The van der Waals surface area contributed by atoms with E-state index >= 15 is 0 Å². The van der Waals surface area contributed by atoms with Crippen molar-refractivity contribution in [2.75, 3.05) is 51.3 Å². The van der Waals surface area contributed by atoms with Crippen LogP contribution in [0.15, 0.2) is 42.6 Å². The topological polar surface area (TPSA) is 83.7 Å². The van der Waals surface area contributed by atoms with Gasteiger partial charge in [-0.25, -0.2) is 9.97 Å². The van der Waals surface area contributed by atoms with Crippen molar-refractivity contribution in [3.8, 4) is 17.1 Å². The SMILES string of the molecule is CCc1cccc(CC)c1CC(=O)c1c2c(n(C)c1C)-c1nc(Cc3ccc(N4CCN(CCO)CC4)cc3OC)ncc1CC2. The summed E-state index contributed by atoms with van der Waals surface area (Å²) in [4.78, 5) is 28.6. The van der Waals surface area contributed by atoms with Crippen molar-refractivity contribution < 1.29 is 14.6 Å². The molecular weight excluding hydrogens is 574 g/mol. The van der Waals surface area contributed by atoms with Crippen molar-refractivity contribution >= 4 is 11.5 Å². The standard InChI is InChI=1S/C38H47N5O3/c1-6-26-9-8-10-27(7-2)32(26)23-33(45)36-25(3)41(4)38-31(36)14-12-29-24-39-35(40-37(29)38)21-28-11-13-30(22-34(28)46-5)43-17-15-42(16-18-43)19-20-44/h8-11,13,22,24,44H,6-7,12,14-21,23H2,1-5H3. The number of aryl methyl sites for hydroxylation is 3. The first-order valence-electron chi connectivity index (χ1n) is 16.8. The van der Waals surface area contributed by atoms with Crippen LogP contribution in [0.2, 0.25) is 0 Å². The van der Waals surface area contributed by atoms with E-state index in [4.69, 9.17) is 14.7 Å². The van der Waals surface area contributed by atoms with E-state index in [-0.39, 0.29) is 12.4 Å². The van der Waals surface area contributed by atoms with E-state index < -0.39 is 0 Å². The molecule has 0 amide bonds. The molecule has 2 aromatic heterocycles. The molecule has 0 unspecified atom stereocenters. The maximum absolute atomic E-state index is 14.1. The fourth-order valence-electron chi connectivity index (χ4n) is 7.41. The Kier molecular flexibility index (Phi) is 9.57. The molecule has 8 nitrogen and oxygen atoms in total. The molecule has 0 spiro atoms. The number of methoxy groups -OCH3 is 1. The summed E-state index contributed by atoms with van der Waals surface area (Å²) in [6.45, 7) is 11.0. The first kappa shape index (κ1) is 32.0. The third kappa shape index (κ3) is 6.08. The van der Waals surface area contributed by atoms with Crippen LogP contribution in [-0.2, 0) is 45.6 Å². The Labute approximate surface area is 273 Å². The largest absolute Gasteiger partial charge is 0.496 e. The molecule has 1 N–H and O–H groups in total. The number of aliphatic hydroxyl groups excluding tert-OH is 1. The van der Waals surface area contributed by atoms with Gasteiger partial charge in [0.2, 0.25) is 0 Å². The van der Waals surface area contributed by atoms with Crippen LogP contribution >= 0.6 is 0 Å². The van der Waals surface area contributed by atoms with Gasteiger partial charge in [0.1, 0.15) is 11.6 Å². The number of carbonyl (C=O) groups is 1. The van der Waals surface area contributed by atoms with Gasteiger partial charge in [-0.2, -0.15) is 0 Å².